The standard InChI is InChI=1S/C77H119ClF6N12O15/c1-12-45(5)64-72(106)89(7)43-63(99)91(9)56-39-60-59(111-60)27-30-95(71(56)105)58(37-47-19-23-49(24-20-47)76(79,80)81)69(103)88(6)42-61(97)85-53(26-22-46-21-25-51(52(78)36-46)77(82,83)84)68(102)96-41-50(110-13-2)38-55(96)67(101)87-75(28-16-29-75)74(108)93(11)65(48-17-14-15-18-48)73(107)92(10)57(70(104)94-31-33-109-34-32-94)40-62(98)90(8)54(35-44(3)4)66(100)86-64/h44-60,64-65H,12-43H2,1-11H3,(H,85,97)(H,86,100)(H,87,101)/t45-,46?,47?,49?,50+,51?,52?,53-,54-,55-,56-,57+,58-,59?,60?,64-,65-/m0/s1. The molecule has 12 amide bonds. The lowest BCUT2D eigenvalue weighted by molar-refractivity contribution is -0.184. The largest absolute Gasteiger partial charge is 0.393 e. The zero-order valence-corrected chi connectivity index (χ0v) is 67.1. The summed E-state index contributed by atoms with van der Waals surface area (Å²) in [6.07, 6.45) is -8.94. The predicted molar refractivity (Wildman–Crippen MR) is 394 cm³/mol. The average molecular weight is 1600 g/mol. The van der Waals surface area contributed by atoms with E-state index in [1.807, 2.05) is 13.8 Å². The van der Waals surface area contributed by atoms with Gasteiger partial charge in [0.2, 0.25) is 70.9 Å². The van der Waals surface area contributed by atoms with E-state index in [0.717, 1.165) is 14.7 Å². The fraction of sp³-hybridized carbons (Fsp3) is 0.844. The molecule has 626 valence electrons. The van der Waals surface area contributed by atoms with Crippen molar-refractivity contribution in [3.05, 3.63) is 0 Å². The van der Waals surface area contributed by atoms with Crippen LogP contribution in [0.25, 0.3) is 0 Å². The lowest BCUT2D eigenvalue weighted by Gasteiger charge is -2.47. The Bertz CT molecular complexity index is 3340. The number of halogens is 7. The lowest BCUT2D eigenvalue weighted by atomic mass is 9.74. The van der Waals surface area contributed by atoms with Gasteiger partial charge in [0, 0.05) is 93.3 Å². The quantitative estimate of drug-likeness (QED) is 0.114. The van der Waals surface area contributed by atoms with Gasteiger partial charge in [-0.05, 0) is 146 Å². The number of alkyl halides is 7. The van der Waals surface area contributed by atoms with E-state index in [1.54, 1.807) is 20.8 Å². The molecule has 0 aromatic rings. The van der Waals surface area contributed by atoms with Crippen LogP contribution in [0.5, 0.6) is 0 Å². The van der Waals surface area contributed by atoms with E-state index in [-0.39, 0.29) is 155 Å². The number of amides is 12. The minimum Gasteiger partial charge on any atom is -0.378 e. The maximum Gasteiger partial charge on any atom is 0.393 e. The maximum absolute atomic E-state index is 15.8. The van der Waals surface area contributed by atoms with E-state index in [4.69, 9.17) is 25.8 Å². The van der Waals surface area contributed by atoms with Crippen LogP contribution in [0.3, 0.4) is 0 Å². The minimum absolute atomic E-state index is 0.0274. The molecular weight excluding hydrogens is 1480 g/mol. The third-order valence-electron chi connectivity index (χ3n) is 25.6. The van der Waals surface area contributed by atoms with Gasteiger partial charge in [-0.1, -0.05) is 47.0 Å². The van der Waals surface area contributed by atoms with E-state index >= 15 is 43.2 Å². The van der Waals surface area contributed by atoms with Crippen molar-refractivity contribution in [1.29, 1.82) is 0 Å². The van der Waals surface area contributed by atoms with Gasteiger partial charge in [0.15, 0.2) is 0 Å². The number of carbonyl (C=O) groups excluding carboxylic acids is 12. The summed E-state index contributed by atoms with van der Waals surface area (Å²) >= 11 is 6.44. The predicted octanol–water partition coefficient (Wildman–Crippen LogP) is 5.65. The summed E-state index contributed by atoms with van der Waals surface area (Å²) in [7, 11) is 8.25. The number of rotatable bonds is 13. The van der Waals surface area contributed by atoms with Gasteiger partial charge in [-0.15, -0.1) is 11.6 Å². The Hall–Kier alpha value is -6.61. The molecule has 111 heavy (non-hydrogen) atoms. The monoisotopic (exact) mass is 1600 g/mol. The number of likely N-dealkylation sites (N-methyl/N-ethyl adjacent to an activating group) is 6. The Balaban J connectivity index is 1.11. The van der Waals surface area contributed by atoms with Crippen molar-refractivity contribution in [3.63, 3.8) is 0 Å². The molecule has 27 nitrogen and oxygen atoms in total. The highest BCUT2D eigenvalue weighted by Crippen LogP contribution is 2.46. The van der Waals surface area contributed by atoms with Crippen LogP contribution >= 0.6 is 11.6 Å². The molecule has 5 saturated heterocycles. The first-order valence-corrected chi connectivity index (χ1v) is 40.7. The molecular formula is C77H119ClF6N12O15. The van der Waals surface area contributed by atoms with Crippen molar-refractivity contribution in [1.82, 2.24) is 60.0 Å². The van der Waals surface area contributed by atoms with E-state index in [1.165, 1.54) is 71.7 Å². The summed E-state index contributed by atoms with van der Waals surface area (Å²) in [5.41, 5.74) is -1.64. The van der Waals surface area contributed by atoms with Gasteiger partial charge < -0.3 is 74.3 Å². The zero-order chi connectivity index (χ0) is 81.5. The summed E-state index contributed by atoms with van der Waals surface area (Å²) in [4.78, 5) is 195. The van der Waals surface area contributed by atoms with Crippen molar-refractivity contribution in [2.24, 2.45) is 41.4 Å². The molecule has 4 aliphatic carbocycles. The van der Waals surface area contributed by atoms with Crippen molar-refractivity contribution in [2.45, 2.75) is 272 Å². The number of ether oxygens (including phenoxy) is 3. The molecule has 2 bridgehead atoms. The number of fused-ring (bicyclic) bond motifs is 4. The number of nitrogens with zero attached hydrogens (tertiary/aromatic N) is 9. The number of hydrogen-bond donors (Lipinski definition) is 3. The molecule has 5 unspecified atom stereocenters. The maximum atomic E-state index is 15.8. The fourth-order valence-corrected chi connectivity index (χ4v) is 18.7. The summed E-state index contributed by atoms with van der Waals surface area (Å²) in [5.74, 6) is -14.5. The highest BCUT2D eigenvalue weighted by molar-refractivity contribution is 6.21. The topological polar surface area (TPSA) is 301 Å². The van der Waals surface area contributed by atoms with Crippen LogP contribution in [0.15, 0.2) is 0 Å². The highest BCUT2D eigenvalue weighted by atomic mass is 35.5. The Kier molecular flexibility index (Phi) is 30.1. The highest BCUT2D eigenvalue weighted by Gasteiger charge is 2.56. The van der Waals surface area contributed by atoms with Gasteiger partial charge in [0.05, 0.1) is 62.9 Å². The van der Waals surface area contributed by atoms with Crippen molar-refractivity contribution >= 4 is 82.5 Å². The number of hydrogen-bond acceptors (Lipinski definition) is 15. The Morgan fingerprint density at radius 2 is 1.27 bits per heavy atom. The molecule has 5 aliphatic heterocycles. The molecule has 9 aliphatic rings. The van der Waals surface area contributed by atoms with Crippen LogP contribution < -0.4 is 16.0 Å². The zero-order valence-electron chi connectivity index (χ0n) is 66.4. The van der Waals surface area contributed by atoms with Crippen molar-refractivity contribution in [3.8, 4) is 0 Å². The SMILES string of the molecule is CCO[C@@H]1C[C@H]2C(=O)NC3(CCC3)C(=O)N(C)[C@@H](C3CCCC3)C(=O)N(C)[C@@H](C(=O)N3CCOCC3)CC(=O)N(C)[C@@H](CC(C)C)C(=O)N[C@@H]([C@@H](C)CC)C(=O)N(C)CC(=O)N(C)[C@H]3CC4OC4CCN(C3=O)[C@@H](CC3CCC(C(F)(F)F)CC3)C(=O)N(C)CC(=O)N[C@@H](CCC3CCC(C(F)(F)F)C(Cl)C3)C(=O)N2C1. The average Bonchev–Trinajstić information content (AvgIpc) is 1.72. The van der Waals surface area contributed by atoms with Crippen LogP contribution in [-0.4, -0.2) is 306 Å². The second-order valence-corrected chi connectivity index (χ2v) is 34.1. The number of epoxide rings is 1. The molecule has 0 radical (unpaired) electrons. The third-order valence-corrected chi connectivity index (χ3v) is 26.0. The van der Waals surface area contributed by atoms with E-state index in [9.17, 15) is 40.7 Å². The number of morpholine rings is 1. The minimum atomic E-state index is -4.58. The van der Waals surface area contributed by atoms with Gasteiger partial charge in [0.1, 0.15) is 53.9 Å². The second-order valence-electron chi connectivity index (χ2n) is 33.5. The molecule has 1 spiro atoms. The molecule has 9 rings (SSSR count). The van der Waals surface area contributed by atoms with Gasteiger partial charge in [-0.2, -0.15) is 26.3 Å². The molecule has 5 heterocycles. The van der Waals surface area contributed by atoms with Crippen LogP contribution in [0.1, 0.15) is 182 Å². The van der Waals surface area contributed by atoms with Gasteiger partial charge in [0.25, 0.3) is 0 Å². The van der Waals surface area contributed by atoms with E-state index in [2.05, 4.69) is 16.0 Å². The van der Waals surface area contributed by atoms with Crippen LogP contribution in [0.4, 0.5) is 26.3 Å². The van der Waals surface area contributed by atoms with Crippen molar-refractivity contribution in [2.75, 3.05) is 101 Å². The second kappa shape index (κ2) is 37.8. The molecule has 4 saturated carbocycles. The number of nitrogens with one attached hydrogen (secondary N) is 3. The van der Waals surface area contributed by atoms with E-state index in [0.29, 0.717) is 38.5 Å². The van der Waals surface area contributed by atoms with Gasteiger partial charge in [-0.25, -0.2) is 0 Å². The summed E-state index contributed by atoms with van der Waals surface area (Å²) in [6.45, 7) is 7.87. The summed E-state index contributed by atoms with van der Waals surface area (Å²) in [6, 6.07) is -11.0. The van der Waals surface area contributed by atoms with Crippen LogP contribution in [-0.2, 0) is 71.7 Å². The third kappa shape index (κ3) is 21.3. The Labute approximate surface area is 652 Å². The molecule has 15 atom stereocenters. The first-order chi connectivity index (χ1) is 52.3. The Morgan fingerprint density at radius 1 is 0.622 bits per heavy atom. The van der Waals surface area contributed by atoms with Crippen LogP contribution in [0, 0.1) is 41.4 Å². The van der Waals surface area contributed by atoms with Gasteiger partial charge >= 0.3 is 12.4 Å². The van der Waals surface area contributed by atoms with E-state index < -0.39 is 216 Å². The Morgan fingerprint density at radius 3 is 1.86 bits per heavy atom. The fourth-order valence-electron chi connectivity index (χ4n) is 18.2. The smallest absolute Gasteiger partial charge is 0.378 e. The summed E-state index contributed by atoms with van der Waals surface area (Å²) < 4.78 is 103. The first-order valence-electron chi connectivity index (χ1n) is 40.3. The van der Waals surface area contributed by atoms with Crippen molar-refractivity contribution < 1.29 is 98.1 Å². The van der Waals surface area contributed by atoms with Gasteiger partial charge in [-0.3, -0.25) is 57.5 Å². The summed E-state index contributed by atoms with van der Waals surface area (Å²) in [5, 5.41) is 7.38. The first kappa shape index (κ1) is 88.3. The normalized spacial score (nSPS) is 33.1. The molecule has 3 N–H and O–H groups in total. The molecule has 0 aromatic carbocycles. The molecule has 34 heteroatoms. The molecule has 9 fully saturated rings. The lowest BCUT2D eigenvalue weighted by Crippen LogP contribution is -2.68. The van der Waals surface area contributed by atoms with Crippen LogP contribution in [0.2, 0.25) is 0 Å². The number of carbonyl (C=O) groups is 12. The molecule has 0 aromatic heterocycles.